The van der Waals surface area contributed by atoms with Crippen LogP contribution < -0.4 is 0 Å². The minimum atomic E-state index is -0.960. The molecule has 0 aromatic heterocycles. The maximum atomic E-state index is 13.0. The van der Waals surface area contributed by atoms with E-state index in [0.717, 1.165) is 0 Å². The Kier molecular flexibility index (Phi) is 8.19. The topological polar surface area (TPSA) is 82.1 Å². The fourth-order valence-corrected chi connectivity index (χ4v) is 3.99. The van der Waals surface area contributed by atoms with E-state index in [-0.39, 0.29) is 30.0 Å². The molecule has 0 bridgehead atoms. The Morgan fingerprint density at radius 2 is 1.93 bits per heavy atom. The number of esters is 1. The highest BCUT2D eigenvalue weighted by molar-refractivity contribution is 9.09. The second-order valence-corrected chi connectivity index (χ2v) is 8.89. The van der Waals surface area contributed by atoms with Crippen molar-refractivity contribution in [1.29, 1.82) is 0 Å². The molecule has 0 N–H and O–H groups in total. The van der Waals surface area contributed by atoms with Gasteiger partial charge in [-0.2, -0.15) is 0 Å². The molecule has 10 heteroatoms. The third kappa shape index (κ3) is 6.12. The highest BCUT2D eigenvalue weighted by atomic mass is 79.9. The number of alkyl halides is 1. The van der Waals surface area contributed by atoms with Crippen LogP contribution in [0.5, 0.6) is 0 Å². The number of allylic oxidation sites excluding steroid dienone is 2. The van der Waals surface area contributed by atoms with Gasteiger partial charge in [-0.25, -0.2) is 4.79 Å². The molecule has 164 valence electrons. The summed E-state index contributed by atoms with van der Waals surface area (Å²) in [4.78, 5) is 38.5. The minimum absolute atomic E-state index is 0.0916. The van der Waals surface area contributed by atoms with Gasteiger partial charge in [0.2, 0.25) is 5.91 Å². The van der Waals surface area contributed by atoms with Crippen LogP contribution in [0.3, 0.4) is 0 Å². The van der Waals surface area contributed by atoms with Crippen LogP contribution in [0, 0.1) is 0 Å². The highest BCUT2D eigenvalue weighted by Gasteiger charge is 2.39. The zero-order chi connectivity index (χ0) is 22.6. The van der Waals surface area contributed by atoms with Gasteiger partial charge in [-0.05, 0) is 44.5 Å². The summed E-state index contributed by atoms with van der Waals surface area (Å²) in [6.45, 7) is 4.86. The van der Waals surface area contributed by atoms with Crippen LogP contribution in [-0.2, 0) is 23.8 Å². The van der Waals surface area contributed by atoms with E-state index in [1.54, 1.807) is 39.0 Å². The molecule has 0 radical (unpaired) electrons. The normalized spacial score (nSPS) is 17.1. The number of benzene rings is 1. The van der Waals surface area contributed by atoms with E-state index < -0.39 is 23.6 Å². The van der Waals surface area contributed by atoms with Crippen LogP contribution in [0.1, 0.15) is 38.7 Å². The van der Waals surface area contributed by atoms with Crippen molar-refractivity contribution < 1.29 is 28.6 Å². The van der Waals surface area contributed by atoms with Crippen molar-refractivity contribution in [3.63, 3.8) is 0 Å². The number of hydrogen-bond acceptors (Lipinski definition) is 6. The second kappa shape index (κ2) is 10.0. The van der Waals surface area contributed by atoms with Crippen molar-refractivity contribution in [1.82, 2.24) is 4.90 Å². The van der Waals surface area contributed by atoms with Gasteiger partial charge in [-0.1, -0.05) is 39.1 Å². The summed E-state index contributed by atoms with van der Waals surface area (Å²) in [7, 11) is 1.17. The molecule has 1 amide bonds. The first-order valence-corrected chi connectivity index (χ1v) is 10.9. The van der Waals surface area contributed by atoms with Crippen LogP contribution in [0.4, 0.5) is 4.79 Å². The van der Waals surface area contributed by atoms with E-state index in [9.17, 15) is 14.4 Å². The van der Waals surface area contributed by atoms with Crippen LogP contribution in [0.25, 0.3) is 0 Å². The van der Waals surface area contributed by atoms with Gasteiger partial charge in [0.25, 0.3) is 0 Å². The molecule has 1 heterocycles. The summed E-state index contributed by atoms with van der Waals surface area (Å²) >= 11 is 15.8. The van der Waals surface area contributed by atoms with Crippen molar-refractivity contribution in [2.45, 2.75) is 38.7 Å². The number of ether oxygens (including phenoxy) is 3. The summed E-state index contributed by atoms with van der Waals surface area (Å²) in [6.07, 6.45) is -1.05. The molecule has 1 aliphatic rings. The van der Waals surface area contributed by atoms with Gasteiger partial charge in [0, 0.05) is 21.8 Å². The molecular weight excluding hydrogens is 501 g/mol. The van der Waals surface area contributed by atoms with Crippen molar-refractivity contribution in [2.75, 3.05) is 19.0 Å². The van der Waals surface area contributed by atoms with Crippen molar-refractivity contribution in [3.05, 3.63) is 45.3 Å². The van der Waals surface area contributed by atoms with E-state index in [1.807, 2.05) is 0 Å². The molecular formula is C20H22BrCl2NO6. The highest BCUT2D eigenvalue weighted by Crippen LogP contribution is 2.41. The smallest absolute Gasteiger partial charge is 0.459 e. The molecule has 1 atom stereocenters. The lowest BCUT2D eigenvalue weighted by atomic mass is 9.89. The Balaban J connectivity index is 2.53. The Labute approximate surface area is 193 Å². The molecule has 0 spiro atoms. The number of rotatable bonds is 5. The van der Waals surface area contributed by atoms with Crippen LogP contribution in [0.15, 0.2) is 29.7 Å². The number of amides is 1. The van der Waals surface area contributed by atoms with Gasteiger partial charge in [-0.15, -0.1) is 0 Å². The lowest BCUT2D eigenvalue weighted by molar-refractivity contribution is -0.158. The van der Waals surface area contributed by atoms with Crippen molar-refractivity contribution >= 4 is 57.2 Å². The molecule has 1 aromatic rings. The minimum Gasteiger partial charge on any atom is -0.459 e. The van der Waals surface area contributed by atoms with Gasteiger partial charge < -0.3 is 19.1 Å². The Morgan fingerprint density at radius 3 is 2.50 bits per heavy atom. The van der Waals surface area contributed by atoms with Crippen LogP contribution >= 0.6 is 39.1 Å². The van der Waals surface area contributed by atoms with Crippen molar-refractivity contribution in [3.8, 4) is 0 Å². The summed E-state index contributed by atoms with van der Waals surface area (Å²) in [5.74, 6) is -1.49. The first-order valence-electron chi connectivity index (χ1n) is 8.98. The molecule has 0 aliphatic carbocycles. The van der Waals surface area contributed by atoms with Crippen LogP contribution in [-0.4, -0.2) is 47.5 Å². The third-order valence-corrected chi connectivity index (χ3v) is 5.24. The molecule has 2 rings (SSSR count). The summed E-state index contributed by atoms with van der Waals surface area (Å²) in [5, 5.41) is 0.899. The van der Waals surface area contributed by atoms with Gasteiger partial charge in [-0.3, -0.25) is 9.59 Å². The lowest BCUT2D eigenvalue weighted by Gasteiger charge is -2.35. The third-order valence-electron chi connectivity index (χ3n) is 4.13. The Bertz CT molecular complexity index is 881. The molecule has 0 saturated carbocycles. The predicted octanol–water partition coefficient (Wildman–Crippen LogP) is 5.04. The molecule has 30 heavy (non-hydrogen) atoms. The molecule has 0 fully saturated rings. The molecule has 1 aromatic carbocycles. The number of methoxy groups -OCH3 is 1. The first-order chi connectivity index (χ1) is 14.0. The zero-order valence-corrected chi connectivity index (χ0v) is 20.1. The fraction of sp³-hybridized carbons (Fsp3) is 0.450. The maximum Gasteiger partial charge on any atom is 0.513 e. The molecule has 1 aliphatic heterocycles. The fourth-order valence-electron chi connectivity index (χ4n) is 2.98. The number of nitrogens with zero attached hydrogens (tertiary/aromatic N) is 1. The quantitative estimate of drug-likeness (QED) is 0.398. The van der Waals surface area contributed by atoms with Crippen molar-refractivity contribution in [2.24, 2.45) is 0 Å². The second-order valence-electron chi connectivity index (χ2n) is 7.49. The van der Waals surface area contributed by atoms with E-state index in [1.165, 1.54) is 12.0 Å². The summed E-state index contributed by atoms with van der Waals surface area (Å²) < 4.78 is 15.4. The monoisotopic (exact) mass is 521 g/mol. The average Bonchev–Trinajstić information content (AvgIpc) is 2.64. The lowest BCUT2D eigenvalue weighted by Crippen LogP contribution is -2.43. The van der Waals surface area contributed by atoms with Gasteiger partial charge in [0.1, 0.15) is 17.9 Å². The van der Waals surface area contributed by atoms with E-state index in [0.29, 0.717) is 21.3 Å². The number of halogens is 3. The largest absolute Gasteiger partial charge is 0.513 e. The van der Waals surface area contributed by atoms with Gasteiger partial charge >= 0.3 is 12.1 Å². The average molecular weight is 523 g/mol. The summed E-state index contributed by atoms with van der Waals surface area (Å²) in [6, 6.07) is 4.82. The van der Waals surface area contributed by atoms with E-state index in [2.05, 4.69) is 20.7 Å². The Hall–Kier alpha value is -1.77. The molecule has 1 unspecified atom stereocenters. The van der Waals surface area contributed by atoms with E-state index in [4.69, 9.17) is 32.7 Å². The van der Waals surface area contributed by atoms with E-state index >= 15 is 0 Å². The number of hydrogen-bond donors (Lipinski definition) is 0. The first kappa shape index (κ1) is 24.5. The maximum absolute atomic E-state index is 13.0. The molecule has 0 saturated heterocycles. The predicted molar refractivity (Wildman–Crippen MR) is 116 cm³/mol. The number of carbonyl (C=O) groups is 3. The number of carbonyl (C=O) groups excluding carboxylic acids is 3. The SMILES string of the molecule is COC(=O)OC1=C(CBr)N(CC(=O)OC(C)(C)C)C(=O)CC1c1cc(Cl)ccc1Cl. The van der Waals surface area contributed by atoms with Gasteiger partial charge in [0.15, 0.2) is 0 Å². The van der Waals surface area contributed by atoms with Crippen LogP contribution in [0.2, 0.25) is 10.0 Å². The Morgan fingerprint density at radius 1 is 1.27 bits per heavy atom. The summed E-state index contributed by atoms with van der Waals surface area (Å²) in [5.41, 5.74) is 0.103. The molecule has 7 nitrogen and oxygen atoms in total. The standard InChI is InChI=1S/C20H22BrCl2NO6/c1-20(2,3)30-17(26)10-24-15(9-21)18(29-19(27)28-4)13(8-16(24)25)12-7-11(22)5-6-14(12)23/h5-7,13H,8-10H2,1-4H3. The zero-order valence-electron chi connectivity index (χ0n) is 17.0. The van der Waals surface area contributed by atoms with Gasteiger partial charge in [0.05, 0.1) is 18.7 Å².